The number of hydrogen-bond acceptors (Lipinski definition) is 1. The van der Waals surface area contributed by atoms with Crippen LogP contribution in [-0.2, 0) is 0 Å². The zero-order valence-corrected chi connectivity index (χ0v) is 12.9. The van der Waals surface area contributed by atoms with Crippen LogP contribution >= 0.6 is 0 Å². The van der Waals surface area contributed by atoms with E-state index in [4.69, 9.17) is 0 Å². The summed E-state index contributed by atoms with van der Waals surface area (Å²) in [7, 11) is 1.83. The van der Waals surface area contributed by atoms with Crippen molar-refractivity contribution in [3.63, 3.8) is 0 Å². The number of benzene rings is 1. The van der Waals surface area contributed by atoms with Crippen molar-refractivity contribution in [1.29, 1.82) is 0 Å². The van der Waals surface area contributed by atoms with Crippen LogP contribution in [-0.4, -0.2) is 7.05 Å². The minimum atomic E-state index is -0.0358. The minimum absolute atomic E-state index is 0.0358. The second-order valence-corrected chi connectivity index (χ2v) is 6.20. The van der Waals surface area contributed by atoms with Crippen molar-refractivity contribution in [3.8, 4) is 0 Å². The molecule has 1 aliphatic carbocycles. The number of hydrogen-bond donors (Lipinski definition) is 1. The molecule has 0 bridgehead atoms. The zero-order valence-electron chi connectivity index (χ0n) is 12.9. The monoisotopic (exact) mass is 277 g/mol. The molecular formula is C18H28FN. The Kier molecular flexibility index (Phi) is 5.87. The topological polar surface area (TPSA) is 12.0 Å². The van der Waals surface area contributed by atoms with E-state index in [9.17, 15) is 4.39 Å². The fourth-order valence-electron chi connectivity index (χ4n) is 3.46. The summed E-state index contributed by atoms with van der Waals surface area (Å²) in [5.74, 6) is 1.28. The van der Waals surface area contributed by atoms with Crippen molar-refractivity contribution >= 4 is 5.69 Å². The van der Waals surface area contributed by atoms with Crippen molar-refractivity contribution in [2.24, 2.45) is 5.92 Å². The van der Waals surface area contributed by atoms with E-state index in [1.807, 2.05) is 19.2 Å². The fourth-order valence-corrected chi connectivity index (χ4v) is 3.46. The second kappa shape index (κ2) is 7.66. The van der Waals surface area contributed by atoms with Crippen molar-refractivity contribution in [2.45, 2.75) is 64.2 Å². The maximum Gasteiger partial charge on any atom is 0.128 e. The van der Waals surface area contributed by atoms with Gasteiger partial charge in [0.1, 0.15) is 5.82 Å². The summed E-state index contributed by atoms with van der Waals surface area (Å²) in [4.78, 5) is 0. The Balaban J connectivity index is 1.87. The highest BCUT2D eigenvalue weighted by Crippen LogP contribution is 2.39. The molecule has 1 aliphatic rings. The lowest BCUT2D eigenvalue weighted by molar-refractivity contribution is 0.299. The Morgan fingerprint density at radius 2 is 1.90 bits per heavy atom. The summed E-state index contributed by atoms with van der Waals surface area (Å²) >= 11 is 0. The standard InChI is InChI=1S/C18H28FN/c1-3-4-5-6-14-7-9-15(10-8-14)17-12-11-16(20-2)13-18(17)19/h11-15,20H,3-10H2,1-2H3. The summed E-state index contributed by atoms with van der Waals surface area (Å²) < 4.78 is 14.1. The summed E-state index contributed by atoms with van der Waals surface area (Å²) in [6.07, 6.45) is 10.3. The molecule has 20 heavy (non-hydrogen) atoms. The molecule has 0 radical (unpaired) electrons. The van der Waals surface area contributed by atoms with Crippen LogP contribution in [0.1, 0.15) is 69.8 Å². The summed E-state index contributed by atoms with van der Waals surface area (Å²) in [5, 5.41) is 2.99. The van der Waals surface area contributed by atoms with Crippen molar-refractivity contribution in [3.05, 3.63) is 29.6 Å². The summed E-state index contributed by atoms with van der Waals surface area (Å²) in [6, 6.07) is 5.59. The predicted octanol–water partition coefficient (Wildman–Crippen LogP) is 5.72. The molecule has 0 atom stereocenters. The van der Waals surface area contributed by atoms with Gasteiger partial charge in [-0.05, 0) is 55.2 Å². The molecule has 1 aromatic carbocycles. The van der Waals surface area contributed by atoms with Gasteiger partial charge in [0.05, 0.1) is 0 Å². The molecule has 1 N–H and O–H groups in total. The molecule has 0 saturated heterocycles. The van der Waals surface area contributed by atoms with Crippen LogP contribution in [0.25, 0.3) is 0 Å². The Morgan fingerprint density at radius 1 is 1.15 bits per heavy atom. The highest BCUT2D eigenvalue weighted by Gasteiger charge is 2.24. The third kappa shape index (κ3) is 3.97. The van der Waals surface area contributed by atoms with Crippen molar-refractivity contribution < 1.29 is 4.39 Å². The first-order chi connectivity index (χ1) is 9.74. The van der Waals surface area contributed by atoms with Gasteiger partial charge in [0.15, 0.2) is 0 Å². The van der Waals surface area contributed by atoms with Crippen LogP contribution in [0.15, 0.2) is 18.2 Å². The molecule has 2 rings (SSSR count). The molecule has 1 fully saturated rings. The highest BCUT2D eigenvalue weighted by molar-refractivity contribution is 5.45. The van der Waals surface area contributed by atoms with Gasteiger partial charge >= 0.3 is 0 Å². The van der Waals surface area contributed by atoms with Gasteiger partial charge in [0.25, 0.3) is 0 Å². The first-order valence-corrected chi connectivity index (χ1v) is 8.21. The summed E-state index contributed by atoms with van der Waals surface area (Å²) in [5.41, 5.74) is 1.79. The normalized spacial score (nSPS) is 22.8. The van der Waals surface area contributed by atoms with Crippen molar-refractivity contribution in [1.82, 2.24) is 0 Å². The van der Waals surface area contributed by atoms with Crippen LogP contribution in [0.3, 0.4) is 0 Å². The van der Waals surface area contributed by atoms with E-state index in [1.54, 1.807) is 6.07 Å². The van der Waals surface area contributed by atoms with E-state index in [2.05, 4.69) is 12.2 Å². The third-order valence-corrected chi connectivity index (χ3v) is 4.79. The van der Waals surface area contributed by atoms with E-state index >= 15 is 0 Å². The van der Waals surface area contributed by atoms with Gasteiger partial charge < -0.3 is 5.32 Å². The van der Waals surface area contributed by atoms with E-state index in [1.165, 1.54) is 38.5 Å². The maximum atomic E-state index is 14.1. The quantitative estimate of drug-likeness (QED) is 0.655. The number of anilines is 1. The SMILES string of the molecule is CCCCCC1CCC(c2ccc(NC)cc2F)CC1. The van der Waals surface area contributed by atoms with Gasteiger partial charge in [-0.3, -0.25) is 0 Å². The molecule has 0 aliphatic heterocycles. The molecule has 0 heterocycles. The van der Waals surface area contributed by atoms with Gasteiger partial charge in [-0.1, -0.05) is 38.7 Å². The third-order valence-electron chi connectivity index (χ3n) is 4.79. The van der Waals surface area contributed by atoms with Crippen LogP contribution in [0.2, 0.25) is 0 Å². The van der Waals surface area contributed by atoms with Crippen LogP contribution in [0, 0.1) is 11.7 Å². The maximum absolute atomic E-state index is 14.1. The number of rotatable bonds is 6. The first-order valence-electron chi connectivity index (χ1n) is 8.21. The van der Waals surface area contributed by atoms with Crippen LogP contribution in [0.4, 0.5) is 10.1 Å². The second-order valence-electron chi connectivity index (χ2n) is 6.20. The van der Waals surface area contributed by atoms with E-state index in [0.29, 0.717) is 5.92 Å². The zero-order chi connectivity index (χ0) is 14.4. The summed E-state index contributed by atoms with van der Waals surface area (Å²) in [6.45, 7) is 2.26. The minimum Gasteiger partial charge on any atom is -0.388 e. The molecule has 1 saturated carbocycles. The number of nitrogens with one attached hydrogen (secondary N) is 1. The lowest BCUT2D eigenvalue weighted by Gasteiger charge is -2.29. The molecule has 1 aromatic rings. The average molecular weight is 277 g/mol. The highest BCUT2D eigenvalue weighted by atomic mass is 19.1. The van der Waals surface area contributed by atoms with Gasteiger partial charge in [0, 0.05) is 12.7 Å². The largest absolute Gasteiger partial charge is 0.388 e. The average Bonchev–Trinajstić information content (AvgIpc) is 2.48. The Morgan fingerprint density at radius 3 is 2.50 bits per heavy atom. The number of halogens is 1. The Hall–Kier alpha value is -1.05. The molecule has 0 unspecified atom stereocenters. The molecule has 1 nitrogen and oxygen atoms in total. The molecular weight excluding hydrogens is 249 g/mol. The molecule has 0 spiro atoms. The molecule has 0 amide bonds. The van der Waals surface area contributed by atoms with Gasteiger partial charge in [-0.25, -0.2) is 4.39 Å². The smallest absolute Gasteiger partial charge is 0.128 e. The predicted molar refractivity (Wildman–Crippen MR) is 84.8 cm³/mol. The lowest BCUT2D eigenvalue weighted by atomic mass is 9.77. The van der Waals surface area contributed by atoms with Gasteiger partial charge in [-0.2, -0.15) is 0 Å². The lowest BCUT2D eigenvalue weighted by Crippen LogP contribution is -2.14. The molecule has 112 valence electrons. The van der Waals surface area contributed by atoms with E-state index in [0.717, 1.165) is 30.0 Å². The molecule has 0 aromatic heterocycles. The van der Waals surface area contributed by atoms with Crippen molar-refractivity contribution in [2.75, 3.05) is 12.4 Å². The Labute approximate surface area is 123 Å². The Bertz CT molecular complexity index is 408. The van der Waals surface area contributed by atoms with Gasteiger partial charge in [-0.15, -0.1) is 0 Å². The number of unbranched alkanes of at least 4 members (excludes halogenated alkanes) is 2. The van der Waals surface area contributed by atoms with E-state index < -0.39 is 0 Å². The van der Waals surface area contributed by atoms with E-state index in [-0.39, 0.29) is 5.82 Å². The first kappa shape index (κ1) is 15.3. The fraction of sp³-hybridized carbons (Fsp3) is 0.667. The van der Waals surface area contributed by atoms with Gasteiger partial charge in [0.2, 0.25) is 0 Å². The van der Waals surface area contributed by atoms with Crippen LogP contribution < -0.4 is 5.32 Å². The molecule has 2 heteroatoms. The van der Waals surface area contributed by atoms with Crippen LogP contribution in [0.5, 0.6) is 0 Å².